The average molecular weight is 520 g/mol. The maximum Gasteiger partial charge on any atom is 0.313 e. The van der Waals surface area contributed by atoms with Crippen LogP contribution < -0.4 is 11.1 Å². The Kier molecular flexibility index (Phi) is 7.49. The lowest BCUT2D eigenvalue weighted by Gasteiger charge is -2.40. The number of nitrogen functional groups attached to an aromatic ring is 1. The number of carbonyl (C=O) groups is 2. The Labute approximate surface area is 223 Å². The molecule has 2 saturated heterocycles. The normalized spacial score (nSPS) is 21.3. The first-order valence-corrected chi connectivity index (χ1v) is 14.3. The maximum atomic E-state index is 13.5. The van der Waals surface area contributed by atoms with Gasteiger partial charge in [0.05, 0.1) is 17.9 Å². The highest BCUT2D eigenvalue weighted by atomic mass is 32.1. The van der Waals surface area contributed by atoms with Crippen LogP contribution in [0.2, 0.25) is 0 Å². The van der Waals surface area contributed by atoms with Crippen LogP contribution >= 0.6 is 11.3 Å². The molecule has 0 spiro atoms. The summed E-state index contributed by atoms with van der Waals surface area (Å²) in [6, 6.07) is 10.6. The van der Waals surface area contributed by atoms with E-state index in [2.05, 4.69) is 46.5 Å². The van der Waals surface area contributed by atoms with Crippen LogP contribution in [0.5, 0.6) is 0 Å². The largest absolute Gasteiger partial charge is 0.383 e. The summed E-state index contributed by atoms with van der Waals surface area (Å²) in [5, 5.41) is 4.00. The average Bonchev–Trinajstić information content (AvgIpc) is 3.33. The van der Waals surface area contributed by atoms with Gasteiger partial charge in [-0.3, -0.25) is 9.59 Å². The van der Waals surface area contributed by atoms with Gasteiger partial charge in [0.1, 0.15) is 5.82 Å². The highest BCUT2D eigenvalue weighted by molar-refractivity contribution is 7.19. The van der Waals surface area contributed by atoms with E-state index in [0.717, 1.165) is 43.5 Å². The summed E-state index contributed by atoms with van der Waals surface area (Å²) in [5.41, 5.74) is 8.34. The molecule has 8 heteroatoms. The van der Waals surface area contributed by atoms with Crippen molar-refractivity contribution in [2.24, 2.45) is 0 Å². The topological polar surface area (TPSA) is 91.6 Å². The number of aromatic nitrogens is 1. The van der Waals surface area contributed by atoms with Crippen molar-refractivity contribution in [2.75, 3.05) is 31.2 Å². The van der Waals surface area contributed by atoms with E-state index >= 15 is 0 Å². The standard InChI is InChI=1S/C29H37N5O2S/c1-4-19-15-23(17-31-27(19)30)32-28(35)29(36)34-18(2)6-5-7-24(34)21-8-9-25-22(14-21)16-26(37-25)20-10-12-33(3)13-11-20/h8-9,14-18,20,24H,4-7,10-13H2,1-3H3,(H2,30,31)(H,32,35)/t18-,24-/m0/s1. The van der Waals surface area contributed by atoms with E-state index in [9.17, 15) is 9.59 Å². The number of rotatable bonds is 4. The molecule has 0 aliphatic carbocycles. The summed E-state index contributed by atoms with van der Waals surface area (Å²) in [5.74, 6) is -0.0537. The van der Waals surface area contributed by atoms with Gasteiger partial charge in [-0.05, 0) is 112 Å². The van der Waals surface area contributed by atoms with Gasteiger partial charge in [-0.15, -0.1) is 11.3 Å². The van der Waals surface area contributed by atoms with E-state index in [1.807, 2.05) is 25.2 Å². The van der Waals surface area contributed by atoms with Crippen LogP contribution in [0.25, 0.3) is 10.1 Å². The monoisotopic (exact) mass is 519 g/mol. The molecule has 0 saturated carbocycles. The van der Waals surface area contributed by atoms with Gasteiger partial charge in [-0.1, -0.05) is 13.0 Å². The molecule has 0 unspecified atom stereocenters. The molecule has 2 amide bonds. The SMILES string of the molecule is CCc1cc(NC(=O)C(=O)N2[C@@H](C)CCC[C@H]2c2ccc3sc(C4CCN(C)CC4)cc3c2)cnc1N. The van der Waals surface area contributed by atoms with Gasteiger partial charge < -0.3 is 20.9 Å². The predicted molar refractivity (Wildman–Crippen MR) is 151 cm³/mol. The number of carbonyl (C=O) groups excluding carboxylic acids is 2. The number of hydrogen-bond donors (Lipinski definition) is 2. The van der Waals surface area contributed by atoms with Crippen LogP contribution in [0.4, 0.5) is 11.5 Å². The maximum absolute atomic E-state index is 13.5. The summed E-state index contributed by atoms with van der Waals surface area (Å²) in [6.07, 6.45) is 7.38. The molecule has 0 radical (unpaired) electrons. The Morgan fingerprint density at radius 1 is 1.14 bits per heavy atom. The van der Waals surface area contributed by atoms with E-state index in [4.69, 9.17) is 5.73 Å². The number of amides is 2. The number of nitrogens with zero attached hydrogens (tertiary/aromatic N) is 3. The van der Waals surface area contributed by atoms with Gasteiger partial charge in [0, 0.05) is 15.6 Å². The van der Waals surface area contributed by atoms with Gasteiger partial charge in [-0.2, -0.15) is 0 Å². The number of thiophene rings is 1. The van der Waals surface area contributed by atoms with Gasteiger partial charge in [0.2, 0.25) is 0 Å². The van der Waals surface area contributed by atoms with Crippen LogP contribution in [0.15, 0.2) is 36.5 Å². The van der Waals surface area contributed by atoms with Crippen molar-refractivity contribution in [1.29, 1.82) is 0 Å². The first-order chi connectivity index (χ1) is 17.8. The van der Waals surface area contributed by atoms with Crippen LogP contribution in [-0.4, -0.2) is 52.8 Å². The van der Waals surface area contributed by atoms with Crippen LogP contribution in [0.3, 0.4) is 0 Å². The lowest BCUT2D eigenvalue weighted by molar-refractivity contribution is -0.148. The minimum absolute atomic E-state index is 0.0132. The molecule has 5 rings (SSSR count). The predicted octanol–water partition coefficient (Wildman–Crippen LogP) is 5.33. The van der Waals surface area contributed by atoms with Crippen molar-refractivity contribution in [3.05, 3.63) is 52.5 Å². The Balaban J connectivity index is 1.37. The number of anilines is 2. The molecular formula is C29H37N5O2S. The van der Waals surface area contributed by atoms with Crippen LogP contribution in [0, 0.1) is 0 Å². The molecule has 3 N–H and O–H groups in total. The summed E-state index contributed by atoms with van der Waals surface area (Å²) in [7, 11) is 2.20. The second-order valence-corrected chi connectivity index (χ2v) is 11.7. The number of nitrogens with one attached hydrogen (secondary N) is 1. The molecule has 3 aromatic rings. The number of hydrogen-bond acceptors (Lipinski definition) is 6. The third kappa shape index (κ3) is 5.36. The van der Waals surface area contributed by atoms with Crippen molar-refractivity contribution in [2.45, 2.75) is 70.4 Å². The smallest absolute Gasteiger partial charge is 0.313 e. The zero-order chi connectivity index (χ0) is 26.1. The second kappa shape index (κ2) is 10.8. The van der Waals surface area contributed by atoms with Crippen LogP contribution in [-0.2, 0) is 16.0 Å². The minimum atomic E-state index is -0.631. The molecule has 196 valence electrons. The third-order valence-corrected chi connectivity index (χ3v) is 9.32. The van der Waals surface area contributed by atoms with Crippen molar-refractivity contribution in [3.63, 3.8) is 0 Å². The fraction of sp³-hybridized carbons (Fsp3) is 0.483. The Bertz CT molecular complexity index is 1300. The Hall–Kier alpha value is -2.97. The number of piperidine rings is 2. The molecule has 4 heterocycles. The molecule has 0 bridgehead atoms. The summed E-state index contributed by atoms with van der Waals surface area (Å²) in [4.78, 5) is 36.4. The summed E-state index contributed by atoms with van der Waals surface area (Å²) in [6.45, 7) is 6.31. The zero-order valence-electron chi connectivity index (χ0n) is 22.0. The Morgan fingerprint density at radius 2 is 1.92 bits per heavy atom. The minimum Gasteiger partial charge on any atom is -0.383 e. The fourth-order valence-corrected chi connectivity index (χ4v) is 7.03. The van der Waals surface area contributed by atoms with Gasteiger partial charge in [-0.25, -0.2) is 4.98 Å². The molecular weight excluding hydrogens is 482 g/mol. The van der Waals surface area contributed by atoms with Gasteiger partial charge >= 0.3 is 11.8 Å². The number of likely N-dealkylation sites (tertiary alicyclic amines) is 2. The lowest BCUT2D eigenvalue weighted by atomic mass is 9.90. The summed E-state index contributed by atoms with van der Waals surface area (Å²) >= 11 is 1.90. The highest BCUT2D eigenvalue weighted by Crippen LogP contribution is 2.40. The molecule has 2 aliphatic heterocycles. The molecule has 2 fully saturated rings. The molecule has 2 atom stereocenters. The summed E-state index contributed by atoms with van der Waals surface area (Å²) < 4.78 is 1.29. The van der Waals surface area contributed by atoms with E-state index in [1.54, 1.807) is 11.0 Å². The fourth-order valence-electron chi connectivity index (χ4n) is 5.82. The van der Waals surface area contributed by atoms with E-state index in [1.165, 1.54) is 34.0 Å². The number of aryl methyl sites for hydroxylation is 1. The molecule has 1 aromatic carbocycles. The second-order valence-electron chi connectivity index (χ2n) is 10.6. The quantitative estimate of drug-likeness (QED) is 0.455. The van der Waals surface area contributed by atoms with Crippen molar-refractivity contribution in [3.8, 4) is 0 Å². The Morgan fingerprint density at radius 3 is 2.68 bits per heavy atom. The molecule has 37 heavy (non-hydrogen) atoms. The van der Waals surface area contributed by atoms with Crippen molar-refractivity contribution < 1.29 is 9.59 Å². The number of nitrogens with two attached hydrogens (primary N) is 1. The van der Waals surface area contributed by atoms with Crippen molar-refractivity contribution >= 4 is 44.7 Å². The first kappa shape index (κ1) is 25.7. The zero-order valence-corrected chi connectivity index (χ0v) is 22.8. The van der Waals surface area contributed by atoms with Gasteiger partial charge in [0.15, 0.2) is 0 Å². The molecule has 2 aliphatic rings. The molecule has 7 nitrogen and oxygen atoms in total. The lowest BCUT2D eigenvalue weighted by Crippen LogP contribution is -2.48. The number of fused-ring (bicyclic) bond motifs is 1. The number of pyridine rings is 1. The van der Waals surface area contributed by atoms with E-state index in [-0.39, 0.29) is 12.1 Å². The highest BCUT2D eigenvalue weighted by Gasteiger charge is 2.36. The van der Waals surface area contributed by atoms with Crippen LogP contribution in [0.1, 0.15) is 73.9 Å². The molecule has 2 aromatic heterocycles. The van der Waals surface area contributed by atoms with Crippen molar-refractivity contribution in [1.82, 2.24) is 14.8 Å². The number of benzene rings is 1. The van der Waals surface area contributed by atoms with Gasteiger partial charge in [0.25, 0.3) is 0 Å². The van der Waals surface area contributed by atoms with E-state index in [0.29, 0.717) is 23.8 Å². The first-order valence-electron chi connectivity index (χ1n) is 13.4. The van der Waals surface area contributed by atoms with E-state index < -0.39 is 11.8 Å². The third-order valence-electron chi connectivity index (χ3n) is 8.04.